The Balaban J connectivity index is 2.03. The van der Waals surface area contributed by atoms with Gasteiger partial charge in [-0.25, -0.2) is 8.42 Å². The normalized spacial score (nSPS) is 11.4. The van der Waals surface area contributed by atoms with Gasteiger partial charge in [0.05, 0.1) is 17.7 Å². The molecule has 34 heavy (non-hydrogen) atoms. The number of amides is 1. The van der Waals surface area contributed by atoms with E-state index in [4.69, 9.17) is 4.74 Å². The van der Waals surface area contributed by atoms with Crippen LogP contribution in [0.3, 0.4) is 0 Å². The third kappa shape index (κ3) is 5.42. The van der Waals surface area contributed by atoms with Crippen molar-refractivity contribution in [3.8, 4) is 5.75 Å². The molecule has 1 N–H and O–H groups in total. The molecule has 0 saturated heterocycles. The number of methoxy groups -OCH3 is 1. The molecule has 3 aromatic rings. The zero-order valence-corrected chi connectivity index (χ0v) is 21.4. The standard InChI is InChI=1S/C27H32N2O4S/c1-18(2)24-9-7-8-21(5)27(24)28-26(30)17-29(22-12-14-23(33-6)15-13-22)34(31,32)25-16-19(3)10-11-20(25)4/h7-16,18H,17H2,1-6H3,(H,28,30). The summed E-state index contributed by atoms with van der Waals surface area (Å²) < 4.78 is 34.0. The fourth-order valence-electron chi connectivity index (χ4n) is 3.82. The third-order valence-corrected chi connectivity index (χ3v) is 7.67. The van der Waals surface area contributed by atoms with Crippen LogP contribution in [0.5, 0.6) is 5.75 Å². The van der Waals surface area contributed by atoms with Crippen molar-refractivity contribution in [2.45, 2.75) is 45.4 Å². The van der Waals surface area contributed by atoms with Gasteiger partial charge in [0.1, 0.15) is 12.3 Å². The van der Waals surface area contributed by atoms with Crippen LogP contribution < -0.4 is 14.4 Å². The van der Waals surface area contributed by atoms with Gasteiger partial charge in [-0.3, -0.25) is 9.10 Å². The highest BCUT2D eigenvalue weighted by Gasteiger charge is 2.29. The van der Waals surface area contributed by atoms with Crippen molar-refractivity contribution in [1.82, 2.24) is 0 Å². The predicted octanol–water partition coefficient (Wildman–Crippen LogP) is 5.58. The van der Waals surface area contributed by atoms with Gasteiger partial charge in [-0.2, -0.15) is 0 Å². The highest BCUT2D eigenvalue weighted by molar-refractivity contribution is 7.93. The Morgan fingerprint density at radius 2 is 1.65 bits per heavy atom. The number of ether oxygens (including phenoxy) is 1. The number of aryl methyl sites for hydroxylation is 3. The van der Waals surface area contributed by atoms with E-state index in [2.05, 4.69) is 19.2 Å². The minimum absolute atomic E-state index is 0.176. The Kier molecular flexibility index (Phi) is 7.67. The fourth-order valence-corrected chi connectivity index (χ4v) is 5.55. The molecule has 0 fully saturated rings. The number of rotatable bonds is 8. The van der Waals surface area contributed by atoms with E-state index >= 15 is 0 Å². The van der Waals surface area contributed by atoms with Crippen molar-refractivity contribution in [1.29, 1.82) is 0 Å². The number of hydrogen-bond donors (Lipinski definition) is 1. The number of benzene rings is 3. The Hall–Kier alpha value is -3.32. The van der Waals surface area contributed by atoms with Gasteiger partial charge in [-0.05, 0) is 79.3 Å². The molecular weight excluding hydrogens is 448 g/mol. The smallest absolute Gasteiger partial charge is 0.265 e. The van der Waals surface area contributed by atoms with Crippen molar-refractivity contribution in [3.05, 3.63) is 82.9 Å². The second-order valence-electron chi connectivity index (χ2n) is 8.72. The molecule has 7 heteroatoms. The summed E-state index contributed by atoms with van der Waals surface area (Å²) in [6.45, 7) is 9.26. The molecule has 0 saturated carbocycles. The molecule has 0 aliphatic carbocycles. The number of carbonyl (C=O) groups is 1. The number of hydrogen-bond acceptors (Lipinski definition) is 4. The maximum atomic E-state index is 13.8. The van der Waals surface area contributed by atoms with Gasteiger partial charge in [-0.15, -0.1) is 0 Å². The van der Waals surface area contributed by atoms with Crippen molar-refractivity contribution in [2.75, 3.05) is 23.3 Å². The lowest BCUT2D eigenvalue weighted by molar-refractivity contribution is -0.114. The van der Waals surface area contributed by atoms with E-state index in [1.807, 2.05) is 38.1 Å². The van der Waals surface area contributed by atoms with Crippen LogP contribution in [-0.4, -0.2) is 28.0 Å². The molecule has 0 atom stereocenters. The van der Waals surface area contributed by atoms with Crippen molar-refractivity contribution < 1.29 is 17.9 Å². The number of nitrogens with one attached hydrogen (secondary N) is 1. The number of carbonyl (C=O) groups excluding carboxylic acids is 1. The topological polar surface area (TPSA) is 75.7 Å². The summed E-state index contributed by atoms with van der Waals surface area (Å²) in [5.74, 6) is 0.381. The van der Waals surface area contributed by atoms with Gasteiger partial charge in [0, 0.05) is 5.69 Å². The molecule has 3 rings (SSSR count). The van der Waals surface area contributed by atoms with E-state index in [0.717, 1.165) is 26.7 Å². The average Bonchev–Trinajstić information content (AvgIpc) is 2.80. The summed E-state index contributed by atoms with van der Waals surface area (Å²) in [5.41, 5.74) is 4.47. The lowest BCUT2D eigenvalue weighted by atomic mass is 9.98. The van der Waals surface area contributed by atoms with Crippen LogP contribution in [0.15, 0.2) is 65.6 Å². The van der Waals surface area contributed by atoms with Crippen LogP contribution in [0, 0.1) is 20.8 Å². The van der Waals surface area contributed by atoms with Crippen LogP contribution in [0.25, 0.3) is 0 Å². The summed E-state index contributed by atoms with van der Waals surface area (Å²) in [4.78, 5) is 13.4. The molecule has 0 heterocycles. The molecule has 1 amide bonds. The third-order valence-electron chi connectivity index (χ3n) is 5.75. The number of nitrogens with zero attached hydrogens (tertiary/aromatic N) is 1. The van der Waals surface area contributed by atoms with E-state index < -0.39 is 15.9 Å². The molecule has 6 nitrogen and oxygen atoms in total. The summed E-state index contributed by atoms with van der Waals surface area (Å²) in [5, 5.41) is 2.96. The fraction of sp³-hybridized carbons (Fsp3) is 0.296. The van der Waals surface area contributed by atoms with Crippen LogP contribution in [-0.2, 0) is 14.8 Å². The van der Waals surface area contributed by atoms with Crippen LogP contribution >= 0.6 is 0 Å². The highest BCUT2D eigenvalue weighted by atomic mass is 32.2. The first-order valence-electron chi connectivity index (χ1n) is 11.2. The first kappa shape index (κ1) is 25.3. The minimum atomic E-state index is -4.02. The molecule has 0 unspecified atom stereocenters. The van der Waals surface area contributed by atoms with Crippen molar-refractivity contribution >= 4 is 27.3 Å². The molecule has 3 aromatic carbocycles. The SMILES string of the molecule is COc1ccc(N(CC(=O)Nc2c(C)cccc2C(C)C)S(=O)(=O)c2cc(C)ccc2C)cc1. The van der Waals surface area contributed by atoms with E-state index in [9.17, 15) is 13.2 Å². The zero-order chi connectivity index (χ0) is 25.0. The summed E-state index contributed by atoms with van der Waals surface area (Å²) in [7, 11) is -2.48. The molecule has 180 valence electrons. The van der Waals surface area contributed by atoms with Gasteiger partial charge >= 0.3 is 0 Å². The average molecular weight is 481 g/mol. The molecule has 0 aliphatic heterocycles. The first-order valence-corrected chi connectivity index (χ1v) is 12.6. The van der Waals surface area contributed by atoms with E-state index in [1.165, 1.54) is 0 Å². The highest BCUT2D eigenvalue weighted by Crippen LogP contribution is 2.30. The second-order valence-corrected chi connectivity index (χ2v) is 10.6. The Morgan fingerprint density at radius 1 is 0.971 bits per heavy atom. The van der Waals surface area contributed by atoms with Crippen molar-refractivity contribution in [2.24, 2.45) is 0 Å². The van der Waals surface area contributed by atoms with E-state index in [1.54, 1.807) is 50.4 Å². The Labute approximate surface area is 202 Å². The summed E-state index contributed by atoms with van der Waals surface area (Å²) in [6.07, 6.45) is 0. The monoisotopic (exact) mass is 480 g/mol. The summed E-state index contributed by atoms with van der Waals surface area (Å²) >= 11 is 0. The number of sulfonamides is 1. The molecular formula is C27H32N2O4S. The number of para-hydroxylation sites is 1. The minimum Gasteiger partial charge on any atom is -0.497 e. The Morgan fingerprint density at radius 3 is 2.26 bits per heavy atom. The van der Waals surface area contributed by atoms with E-state index in [0.29, 0.717) is 17.0 Å². The van der Waals surface area contributed by atoms with Crippen LogP contribution in [0.1, 0.15) is 42.0 Å². The lowest BCUT2D eigenvalue weighted by Crippen LogP contribution is -2.38. The lowest BCUT2D eigenvalue weighted by Gasteiger charge is -2.26. The second kappa shape index (κ2) is 10.3. The quantitative estimate of drug-likeness (QED) is 0.457. The predicted molar refractivity (Wildman–Crippen MR) is 137 cm³/mol. The first-order chi connectivity index (χ1) is 16.0. The summed E-state index contributed by atoms with van der Waals surface area (Å²) in [6, 6.07) is 17.8. The largest absolute Gasteiger partial charge is 0.497 e. The molecule has 0 aliphatic rings. The van der Waals surface area contributed by atoms with Gasteiger partial charge < -0.3 is 10.1 Å². The molecule has 0 spiro atoms. The maximum absolute atomic E-state index is 13.8. The van der Waals surface area contributed by atoms with Crippen LogP contribution in [0.2, 0.25) is 0 Å². The van der Waals surface area contributed by atoms with Gasteiger partial charge in [0.2, 0.25) is 5.91 Å². The molecule has 0 bridgehead atoms. The molecule has 0 aromatic heterocycles. The Bertz CT molecular complexity index is 1280. The number of anilines is 2. The zero-order valence-electron chi connectivity index (χ0n) is 20.5. The molecule has 0 radical (unpaired) electrons. The van der Waals surface area contributed by atoms with Gasteiger partial charge in [-0.1, -0.05) is 44.2 Å². The maximum Gasteiger partial charge on any atom is 0.265 e. The van der Waals surface area contributed by atoms with E-state index in [-0.39, 0.29) is 17.4 Å². The van der Waals surface area contributed by atoms with Gasteiger partial charge in [0.25, 0.3) is 10.0 Å². The van der Waals surface area contributed by atoms with Gasteiger partial charge in [0.15, 0.2) is 0 Å². The van der Waals surface area contributed by atoms with Crippen LogP contribution in [0.4, 0.5) is 11.4 Å². The van der Waals surface area contributed by atoms with Crippen molar-refractivity contribution in [3.63, 3.8) is 0 Å².